The van der Waals surface area contributed by atoms with Crippen LogP contribution in [0.25, 0.3) is 0 Å². The van der Waals surface area contributed by atoms with E-state index >= 15 is 0 Å². The van der Waals surface area contributed by atoms with Gasteiger partial charge in [-0.05, 0) is 36.4 Å². The SMILES string of the molecule is O=C(C[NH+]1CCN(c2ccccc2F)CC1)Nc1ccc(SC(F)F)cc1. The minimum absolute atomic E-state index is 0.126. The van der Waals surface area contributed by atoms with Gasteiger partial charge in [-0.3, -0.25) is 4.79 Å². The van der Waals surface area contributed by atoms with Gasteiger partial charge in [-0.2, -0.15) is 8.78 Å². The second kappa shape index (κ2) is 9.14. The van der Waals surface area contributed by atoms with E-state index in [4.69, 9.17) is 0 Å². The molecule has 0 unspecified atom stereocenters. The van der Waals surface area contributed by atoms with Crippen LogP contribution in [0.2, 0.25) is 0 Å². The molecule has 1 heterocycles. The van der Waals surface area contributed by atoms with E-state index < -0.39 is 5.76 Å². The van der Waals surface area contributed by atoms with E-state index in [1.807, 2.05) is 11.0 Å². The molecule has 0 aliphatic carbocycles. The Balaban J connectivity index is 1.46. The number of hydrogen-bond acceptors (Lipinski definition) is 3. The summed E-state index contributed by atoms with van der Waals surface area (Å²) >= 11 is 0.472. The molecule has 0 radical (unpaired) electrons. The zero-order valence-electron chi connectivity index (χ0n) is 14.6. The number of piperazine rings is 1. The summed E-state index contributed by atoms with van der Waals surface area (Å²) in [6, 6.07) is 13.1. The summed E-state index contributed by atoms with van der Waals surface area (Å²) in [5, 5.41) is 2.79. The molecule has 2 aromatic carbocycles. The first-order valence-electron chi connectivity index (χ1n) is 8.69. The average molecular weight is 396 g/mol. The van der Waals surface area contributed by atoms with Crippen molar-refractivity contribution in [3.63, 3.8) is 0 Å². The molecule has 144 valence electrons. The molecule has 2 N–H and O–H groups in total. The molecule has 2 aromatic rings. The summed E-state index contributed by atoms with van der Waals surface area (Å²) in [4.78, 5) is 15.8. The van der Waals surface area contributed by atoms with Crippen LogP contribution in [0, 0.1) is 5.82 Å². The zero-order valence-corrected chi connectivity index (χ0v) is 15.4. The fourth-order valence-corrected chi connectivity index (χ4v) is 3.60. The number of nitrogens with zero attached hydrogens (tertiary/aromatic N) is 1. The highest BCUT2D eigenvalue weighted by Gasteiger charge is 2.23. The van der Waals surface area contributed by atoms with Gasteiger partial charge in [-0.15, -0.1) is 0 Å². The Labute approximate surface area is 160 Å². The summed E-state index contributed by atoms with van der Waals surface area (Å²) in [7, 11) is 0. The minimum atomic E-state index is -2.46. The molecule has 0 spiro atoms. The van der Waals surface area contributed by atoms with Crippen molar-refractivity contribution < 1.29 is 22.9 Å². The number of anilines is 2. The van der Waals surface area contributed by atoms with Gasteiger partial charge >= 0.3 is 0 Å². The van der Waals surface area contributed by atoms with Gasteiger partial charge in [0.2, 0.25) is 0 Å². The number of carbonyl (C=O) groups is 1. The first kappa shape index (κ1) is 19.6. The molecule has 0 aromatic heterocycles. The number of nitrogens with one attached hydrogen (secondary N) is 2. The van der Waals surface area contributed by atoms with E-state index in [0.717, 1.165) is 18.0 Å². The Bertz CT molecular complexity index is 765. The Morgan fingerprint density at radius 1 is 1.11 bits per heavy atom. The number of halogens is 3. The number of amides is 1. The number of rotatable bonds is 6. The summed E-state index contributed by atoms with van der Waals surface area (Å²) in [6.07, 6.45) is 0. The van der Waals surface area contributed by atoms with Gasteiger partial charge in [0.25, 0.3) is 11.7 Å². The predicted molar refractivity (Wildman–Crippen MR) is 101 cm³/mol. The Kier molecular flexibility index (Phi) is 6.63. The van der Waals surface area contributed by atoms with Gasteiger partial charge in [0, 0.05) is 10.6 Å². The molecule has 3 rings (SSSR count). The largest absolute Gasteiger partial charge is 0.358 e. The molecule has 1 aliphatic heterocycles. The molecular formula is C19H21F3N3OS+. The van der Waals surface area contributed by atoms with E-state index in [9.17, 15) is 18.0 Å². The van der Waals surface area contributed by atoms with Crippen molar-refractivity contribution >= 4 is 29.0 Å². The first-order chi connectivity index (χ1) is 13.0. The maximum atomic E-state index is 13.9. The Morgan fingerprint density at radius 2 is 1.78 bits per heavy atom. The minimum Gasteiger partial charge on any atom is -0.358 e. The van der Waals surface area contributed by atoms with Crippen LogP contribution in [0.1, 0.15) is 0 Å². The number of hydrogen-bond donors (Lipinski definition) is 2. The van der Waals surface area contributed by atoms with Gasteiger partial charge in [0.1, 0.15) is 5.82 Å². The molecule has 1 saturated heterocycles. The number of benzene rings is 2. The normalized spacial score (nSPS) is 15.2. The van der Waals surface area contributed by atoms with Gasteiger partial charge in [-0.25, -0.2) is 4.39 Å². The lowest BCUT2D eigenvalue weighted by Crippen LogP contribution is -3.15. The van der Waals surface area contributed by atoms with E-state index in [1.165, 1.54) is 6.07 Å². The highest BCUT2D eigenvalue weighted by Crippen LogP contribution is 2.26. The fourth-order valence-electron chi connectivity index (χ4n) is 3.10. The lowest BCUT2D eigenvalue weighted by atomic mass is 10.2. The van der Waals surface area contributed by atoms with Gasteiger partial charge in [-0.1, -0.05) is 23.9 Å². The monoisotopic (exact) mass is 396 g/mol. The highest BCUT2D eigenvalue weighted by atomic mass is 32.2. The van der Waals surface area contributed by atoms with Crippen LogP contribution in [-0.4, -0.2) is 44.4 Å². The topological polar surface area (TPSA) is 36.8 Å². The van der Waals surface area contributed by atoms with E-state index in [1.54, 1.807) is 36.4 Å². The number of quaternary nitrogens is 1. The van der Waals surface area contributed by atoms with E-state index in [0.29, 0.717) is 47.7 Å². The van der Waals surface area contributed by atoms with Crippen LogP contribution in [0.5, 0.6) is 0 Å². The molecule has 4 nitrogen and oxygen atoms in total. The van der Waals surface area contributed by atoms with Crippen molar-refractivity contribution in [1.29, 1.82) is 0 Å². The summed E-state index contributed by atoms with van der Waals surface area (Å²) in [5.74, 6) is -2.82. The van der Waals surface area contributed by atoms with Gasteiger partial charge < -0.3 is 15.1 Å². The van der Waals surface area contributed by atoms with Crippen molar-refractivity contribution in [3.05, 3.63) is 54.3 Å². The Morgan fingerprint density at radius 3 is 2.41 bits per heavy atom. The second-order valence-corrected chi connectivity index (χ2v) is 7.38. The van der Waals surface area contributed by atoms with Crippen LogP contribution in [0.15, 0.2) is 53.4 Å². The zero-order chi connectivity index (χ0) is 19.2. The van der Waals surface area contributed by atoms with E-state index in [2.05, 4.69) is 5.32 Å². The van der Waals surface area contributed by atoms with Crippen LogP contribution in [0.3, 0.4) is 0 Å². The van der Waals surface area contributed by atoms with Crippen LogP contribution >= 0.6 is 11.8 Å². The fraction of sp³-hybridized carbons (Fsp3) is 0.316. The third kappa shape index (κ3) is 5.64. The lowest BCUT2D eigenvalue weighted by molar-refractivity contribution is -0.892. The third-order valence-electron chi connectivity index (χ3n) is 4.44. The predicted octanol–water partition coefficient (Wildman–Crippen LogP) is 2.48. The molecule has 0 saturated carbocycles. The number of thioether (sulfide) groups is 1. The van der Waals surface area contributed by atoms with Crippen LogP contribution in [-0.2, 0) is 4.79 Å². The van der Waals surface area contributed by atoms with Crippen molar-refractivity contribution in [1.82, 2.24) is 0 Å². The van der Waals surface area contributed by atoms with Gasteiger partial charge in [0.05, 0.1) is 31.9 Å². The standard InChI is InChI=1S/C19H20F3N3OS/c20-16-3-1-2-4-17(16)25-11-9-24(10-12-25)13-18(26)23-14-5-7-15(8-6-14)27-19(21)22/h1-8,19H,9-13H2,(H,23,26)/p+1. The van der Waals surface area contributed by atoms with Crippen molar-refractivity contribution in [3.8, 4) is 0 Å². The first-order valence-corrected chi connectivity index (χ1v) is 9.57. The summed E-state index contributed by atoms with van der Waals surface area (Å²) in [6.45, 7) is 3.17. The molecular weight excluding hydrogens is 375 g/mol. The smallest absolute Gasteiger partial charge is 0.288 e. The van der Waals surface area contributed by atoms with Gasteiger partial charge in [0.15, 0.2) is 6.54 Å². The lowest BCUT2D eigenvalue weighted by Gasteiger charge is -2.33. The number of alkyl halides is 2. The average Bonchev–Trinajstić information content (AvgIpc) is 2.64. The van der Waals surface area contributed by atoms with Crippen molar-refractivity contribution in [2.24, 2.45) is 0 Å². The summed E-state index contributed by atoms with van der Waals surface area (Å²) < 4.78 is 38.5. The molecule has 1 amide bonds. The Hall–Kier alpha value is -2.19. The van der Waals surface area contributed by atoms with Crippen LogP contribution < -0.4 is 15.1 Å². The molecule has 0 bridgehead atoms. The second-order valence-electron chi connectivity index (χ2n) is 6.32. The quantitative estimate of drug-likeness (QED) is 0.737. The van der Waals surface area contributed by atoms with E-state index in [-0.39, 0.29) is 11.7 Å². The number of para-hydroxylation sites is 1. The van der Waals surface area contributed by atoms with Crippen molar-refractivity contribution in [2.75, 3.05) is 42.9 Å². The maximum Gasteiger partial charge on any atom is 0.288 e. The molecule has 27 heavy (non-hydrogen) atoms. The van der Waals surface area contributed by atoms with Crippen molar-refractivity contribution in [2.45, 2.75) is 10.7 Å². The molecule has 1 aliphatic rings. The highest BCUT2D eigenvalue weighted by molar-refractivity contribution is 7.99. The molecule has 8 heteroatoms. The third-order valence-corrected chi connectivity index (χ3v) is 5.16. The van der Waals surface area contributed by atoms with Crippen LogP contribution in [0.4, 0.5) is 24.5 Å². The molecule has 1 fully saturated rings. The molecule has 0 atom stereocenters. The summed E-state index contributed by atoms with van der Waals surface area (Å²) in [5.41, 5.74) is 1.19. The maximum absolute atomic E-state index is 13.9. The number of carbonyl (C=O) groups excluding carboxylic acids is 1.